The second kappa shape index (κ2) is 6.29. The molecule has 0 saturated heterocycles. The molecule has 0 aliphatic heterocycles. The summed E-state index contributed by atoms with van der Waals surface area (Å²) >= 11 is 0. The number of anilines is 2. The predicted molar refractivity (Wildman–Crippen MR) is 100 cm³/mol. The second-order valence-electron chi connectivity index (χ2n) is 5.85. The summed E-state index contributed by atoms with van der Waals surface area (Å²) < 4.78 is 1.62. The standard InChI is InChI=1S/C19H16N6O/c1-12(26)22-17-11-25-18(23-17)8-7-16(24-25)14-9-15(19(20)21-10-14)13-5-3-2-4-6-13/h2-11H,1H3,(H2,20,21)(H,22,26). The van der Waals surface area contributed by atoms with Gasteiger partial charge in [0.1, 0.15) is 5.82 Å². The number of carbonyl (C=O) groups is 1. The van der Waals surface area contributed by atoms with Crippen LogP contribution in [0.2, 0.25) is 0 Å². The minimum atomic E-state index is -0.177. The van der Waals surface area contributed by atoms with Crippen molar-refractivity contribution in [3.8, 4) is 22.4 Å². The Hall–Kier alpha value is -3.74. The van der Waals surface area contributed by atoms with Crippen LogP contribution in [0.4, 0.5) is 11.6 Å². The number of hydrogen-bond donors (Lipinski definition) is 2. The number of carbonyl (C=O) groups excluding carboxylic acids is 1. The van der Waals surface area contributed by atoms with Crippen LogP contribution in [0.15, 0.2) is 60.9 Å². The maximum Gasteiger partial charge on any atom is 0.222 e. The van der Waals surface area contributed by atoms with Gasteiger partial charge in [0.05, 0.1) is 11.9 Å². The van der Waals surface area contributed by atoms with Gasteiger partial charge in [-0.3, -0.25) is 4.79 Å². The van der Waals surface area contributed by atoms with E-state index in [1.54, 1.807) is 16.9 Å². The van der Waals surface area contributed by atoms with E-state index >= 15 is 0 Å². The maximum atomic E-state index is 11.2. The number of pyridine rings is 1. The molecule has 3 aromatic heterocycles. The molecule has 3 N–H and O–H groups in total. The predicted octanol–water partition coefficient (Wildman–Crippen LogP) is 3.00. The lowest BCUT2D eigenvalue weighted by molar-refractivity contribution is -0.114. The van der Waals surface area contributed by atoms with Crippen molar-refractivity contribution in [2.45, 2.75) is 6.92 Å². The molecule has 128 valence electrons. The molecule has 0 radical (unpaired) electrons. The fourth-order valence-corrected chi connectivity index (χ4v) is 2.74. The van der Waals surface area contributed by atoms with Crippen LogP contribution in [0.3, 0.4) is 0 Å². The fraction of sp³-hybridized carbons (Fsp3) is 0.0526. The summed E-state index contributed by atoms with van der Waals surface area (Å²) in [5.74, 6) is 0.753. The van der Waals surface area contributed by atoms with Gasteiger partial charge in [0.2, 0.25) is 5.91 Å². The number of aromatic nitrogens is 4. The Morgan fingerprint density at radius 3 is 2.69 bits per heavy atom. The Morgan fingerprint density at radius 1 is 1.12 bits per heavy atom. The number of nitrogens with zero attached hydrogens (tertiary/aromatic N) is 4. The molecule has 0 unspecified atom stereocenters. The summed E-state index contributed by atoms with van der Waals surface area (Å²) in [6, 6.07) is 15.5. The van der Waals surface area contributed by atoms with E-state index in [2.05, 4.69) is 20.4 Å². The average Bonchev–Trinajstić information content (AvgIpc) is 3.03. The van der Waals surface area contributed by atoms with Gasteiger partial charge in [-0.15, -0.1) is 0 Å². The summed E-state index contributed by atoms with van der Waals surface area (Å²) in [4.78, 5) is 19.8. The summed E-state index contributed by atoms with van der Waals surface area (Å²) in [5, 5.41) is 7.21. The first-order valence-corrected chi connectivity index (χ1v) is 8.05. The number of nitrogens with two attached hydrogens (primary N) is 1. The number of nitrogens with one attached hydrogen (secondary N) is 1. The zero-order chi connectivity index (χ0) is 18.1. The summed E-state index contributed by atoms with van der Waals surface area (Å²) in [6.45, 7) is 1.44. The molecule has 7 nitrogen and oxygen atoms in total. The van der Waals surface area contributed by atoms with Crippen LogP contribution in [0.5, 0.6) is 0 Å². The third-order valence-corrected chi connectivity index (χ3v) is 3.92. The molecule has 0 saturated carbocycles. The molecular formula is C19H16N6O. The van der Waals surface area contributed by atoms with Crippen molar-refractivity contribution in [3.05, 3.63) is 60.9 Å². The van der Waals surface area contributed by atoms with Gasteiger partial charge in [-0.05, 0) is 23.8 Å². The van der Waals surface area contributed by atoms with E-state index in [9.17, 15) is 4.79 Å². The minimum absolute atomic E-state index is 0.177. The lowest BCUT2D eigenvalue weighted by atomic mass is 10.0. The number of amides is 1. The number of benzene rings is 1. The first-order chi connectivity index (χ1) is 12.6. The van der Waals surface area contributed by atoms with Crippen molar-refractivity contribution >= 4 is 23.2 Å². The molecule has 0 atom stereocenters. The Labute approximate surface area is 149 Å². The van der Waals surface area contributed by atoms with Crippen LogP contribution in [0, 0.1) is 0 Å². The lowest BCUT2D eigenvalue weighted by Gasteiger charge is -2.08. The molecule has 26 heavy (non-hydrogen) atoms. The van der Waals surface area contributed by atoms with E-state index in [1.807, 2.05) is 48.5 Å². The molecule has 4 rings (SSSR count). The maximum absolute atomic E-state index is 11.2. The molecule has 0 aliphatic carbocycles. The largest absolute Gasteiger partial charge is 0.383 e. The molecule has 7 heteroatoms. The minimum Gasteiger partial charge on any atom is -0.383 e. The van der Waals surface area contributed by atoms with E-state index in [-0.39, 0.29) is 5.91 Å². The van der Waals surface area contributed by atoms with Gasteiger partial charge >= 0.3 is 0 Å². The van der Waals surface area contributed by atoms with Crippen LogP contribution >= 0.6 is 0 Å². The third-order valence-electron chi connectivity index (χ3n) is 3.92. The van der Waals surface area contributed by atoms with Gasteiger partial charge in [0.15, 0.2) is 11.5 Å². The highest BCUT2D eigenvalue weighted by Gasteiger charge is 2.10. The van der Waals surface area contributed by atoms with Crippen LogP contribution in [0.1, 0.15) is 6.92 Å². The van der Waals surface area contributed by atoms with Crippen molar-refractivity contribution in [1.29, 1.82) is 0 Å². The van der Waals surface area contributed by atoms with Crippen LogP contribution < -0.4 is 11.1 Å². The highest BCUT2D eigenvalue weighted by atomic mass is 16.1. The Morgan fingerprint density at radius 2 is 1.92 bits per heavy atom. The van der Waals surface area contributed by atoms with E-state index in [0.29, 0.717) is 17.3 Å². The van der Waals surface area contributed by atoms with Crippen molar-refractivity contribution in [1.82, 2.24) is 19.6 Å². The Kier molecular flexibility index (Phi) is 3.81. The third kappa shape index (κ3) is 2.98. The molecule has 4 aromatic rings. The van der Waals surface area contributed by atoms with Gasteiger partial charge in [-0.1, -0.05) is 30.3 Å². The fourth-order valence-electron chi connectivity index (χ4n) is 2.74. The van der Waals surface area contributed by atoms with Crippen molar-refractivity contribution in [2.75, 3.05) is 11.1 Å². The number of imidazole rings is 1. The van der Waals surface area contributed by atoms with Gasteiger partial charge in [0, 0.05) is 24.2 Å². The van der Waals surface area contributed by atoms with Gasteiger partial charge in [-0.25, -0.2) is 14.5 Å². The quantitative estimate of drug-likeness (QED) is 0.595. The first-order valence-electron chi connectivity index (χ1n) is 8.05. The highest BCUT2D eigenvalue weighted by Crippen LogP contribution is 2.28. The normalized spacial score (nSPS) is 10.8. The van der Waals surface area contributed by atoms with Crippen LogP contribution in [-0.2, 0) is 4.79 Å². The second-order valence-corrected chi connectivity index (χ2v) is 5.85. The molecule has 3 heterocycles. The molecule has 0 bridgehead atoms. The lowest BCUT2D eigenvalue weighted by Crippen LogP contribution is -2.05. The summed E-state index contributed by atoms with van der Waals surface area (Å²) in [7, 11) is 0. The Balaban J connectivity index is 1.76. The monoisotopic (exact) mass is 344 g/mol. The SMILES string of the molecule is CC(=O)Nc1cn2nc(-c3cnc(N)c(-c4ccccc4)c3)ccc2n1. The molecule has 1 amide bonds. The molecule has 1 aromatic carbocycles. The smallest absolute Gasteiger partial charge is 0.222 e. The zero-order valence-corrected chi connectivity index (χ0v) is 14.0. The topological polar surface area (TPSA) is 98.2 Å². The van der Waals surface area contributed by atoms with Crippen molar-refractivity contribution in [3.63, 3.8) is 0 Å². The van der Waals surface area contributed by atoms with Crippen molar-refractivity contribution in [2.24, 2.45) is 0 Å². The van der Waals surface area contributed by atoms with Crippen molar-refractivity contribution < 1.29 is 4.79 Å². The van der Waals surface area contributed by atoms with Gasteiger partial charge < -0.3 is 11.1 Å². The van der Waals surface area contributed by atoms with E-state index in [0.717, 1.165) is 22.4 Å². The highest BCUT2D eigenvalue weighted by molar-refractivity contribution is 5.87. The molecule has 0 spiro atoms. The number of rotatable bonds is 3. The van der Waals surface area contributed by atoms with E-state index < -0.39 is 0 Å². The summed E-state index contributed by atoms with van der Waals surface area (Å²) in [5.41, 5.74) is 10.1. The molecule has 0 fully saturated rings. The summed E-state index contributed by atoms with van der Waals surface area (Å²) in [6.07, 6.45) is 3.37. The van der Waals surface area contributed by atoms with Crippen LogP contribution in [0.25, 0.3) is 28.0 Å². The number of hydrogen-bond acceptors (Lipinski definition) is 5. The molecular weight excluding hydrogens is 328 g/mol. The van der Waals surface area contributed by atoms with Crippen LogP contribution in [-0.4, -0.2) is 25.5 Å². The van der Waals surface area contributed by atoms with Gasteiger partial charge in [-0.2, -0.15) is 5.10 Å². The van der Waals surface area contributed by atoms with Gasteiger partial charge in [0.25, 0.3) is 0 Å². The van der Waals surface area contributed by atoms with E-state index in [4.69, 9.17) is 5.73 Å². The first kappa shape index (κ1) is 15.8. The average molecular weight is 344 g/mol. The number of nitrogen functional groups attached to an aromatic ring is 1. The molecule has 0 aliphatic rings. The Bertz CT molecular complexity index is 1100. The van der Waals surface area contributed by atoms with E-state index in [1.165, 1.54) is 6.92 Å². The number of fused-ring (bicyclic) bond motifs is 1. The zero-order valence-electron chi connectivity index (χ0n) is 14.0.